The van der Waals surface area contributed by atoms with E-state index in [4.69, 9.17) is 0 Å². The van der Waals surface area contributed by atoms with Gasteiger partial charge in [-0.1, -0.05) is 272 Å². The third-order valence-corrected chi connectivity index (χ3v) is 375. The third-order valence-electron chi connectivity index (χ3n) is 26.6. The van der Waals surface area contributed by atoms with Crippen molar-refractivity contribution in [3.8, 4) is 0 Å². The number of hydrogen-bond acceptors (Lipinski definition) is 0. The molecule has 0 aromatic rings. The van der Waals surface area contributed by atoms with Gasteiger partial charge in [0, 0.05) is 116 Å². The van der Waals surface area contributed by atoms with Crippen molar-refractivity contribution < 1.29 is 0 Å². The summed E-state index contributed by atoms with van der Waals surface area (Å²) >= 11 is 0. The molecule has 1 heterocycles. The molecular formula is C42H116Si16. The van der Waals surface area contributed by atoms with Crippen LogP contribution in [-0.4, -0.2) is 116 Å². The summed E-state index contributed by atoms with van der Waals surface area (Å²) < 4.78 is 0. The van der Waals surface area contributed by atoms with Crippen LogP contribution in [0.5, 0.6) is 0 Å². The van der Waals surface area contributed by atoms with Crippen LogP contribution in [0.2, 0.25) is 234 Å². The lowest BCUT2D eigenvalue weighted by Crippen LogP contribution is -2.92. The van der Waals surface area contributed by atoms with Gasteiger partial charge in [-0.25, -0.2) is 0 Å². The van der Waals surface area contributed by atoms with Crippen LogP contribution in [0, 0.1) is 0 Å². The molecule has 0 aromatic heterocycles. The molecule has 0 amide bonds. The summed E-state index contributed by atoms with van der Waals surface area (Å²) in [6.07, 6.45) is 9.27. The van der Waals surface area contributed by atoms with E-state index in [2.05, 4.69) is 210 Å². The van der Waals surface area contributed by atoms with Crippen molar-refractivity contribution in [1.29, 1.82) is 0 Å². The molecule has 0 radical (unpaired) electrons. The van der Waals surface area contributed by atoms with Gasteiger partial charge in [0.05, 0.1) is 0 Å². The second-order valence-electron chi connectivity index (χ2n) is 30.2. The predicted molar refractivity (Wildman–Crippen MR) is 327 cm³/mol. The molecule has 0 spiro atoms. The molecule has 1 rings (SSSR count). The third kappa shape index (κ3) is 9.10. The SMILES string of the molecule is C[Si]1(C)CCCCC[Si](C)(C)[Si](C)(C)[Si](C)(C)[Si](C)(C)[Si](C)(C)[Si](C)(C)[Si](C)(C)[Si](C)(C)CCCCC[Si](C)(C)[Si](C)(C)[Si](C)(C)[Si](C)(C)[Si](C)(C)[Si](C)(C)[Si]1(C)C. The molecule has 0 aromatic carbocycles. The first kappa shape index (κ1) is 59.5. The van der Waals surface area contributed by atoms with E-state index >= 15 is 0 Å². The molecule has 0 aliphatic carbocycles. The summed E-state index contributed by atoms with van der Waals surface area (Å²) in [5, 5.41) is 0. The second kappa shape index (κ2) is 17.8. The number of hydrogen-bond donors (Lipinski definition) is 0. The van der Waals surface area contributed by atoms with Crippen molar-refractivity contribution >= 4 is 116 Å². The first-order valence-corrected chi connectivity index (χ1v) is 87.7. The minimum Gasteiger partial charge on any atom is -0.0735 e. The van der Waals surface area contributed by atoms with Crippen LogP contribution in [0.4, 0.5) is 0 Å². The maximum Gasteiger partial charge on any atom is 0.0384 e. The van der Waals surface area contributed by atoms with Crippen LogP contribution >= 0.6 is 0 Å². The van der Waals surface area contributed by atoms with Gasteiger partial charge in [0.25, 0.3) is 0 Å². The van der Waals surface area contributed by atoms with Crippen molar-refractivity contribution in [2.45, 2.75) is 272 Å². The molecule has 0 saturated carbocycles. The fraction of sp³-hybridized carbons (Fsp3) is 1.00. The smallest absolute Gasteiger partial charge is 0.0384 e. The van der Waals surface area contributed by atoms with Gasteiger partial charge >= 0.3 is 0 Å². The monoisotopic (exact) mass is 1070 g/mol. The van der Waals surface area contributed by atoms with Crippen molar-refractivity contribution in [1.82, 2.24) is 0 Å². The Hall–Kier alpha value is 3.47. The van der Waals surface area contributed by atoms with Crippen LogP contribution < -0.4 is 0 Å². The fourth-order valence-electron chi connectivity index (χ4n) is 13.5. The van der Waals surface area contributed by atoms with E-state index in [9.17, 15) is 0 Å². The van der Waals surface area contributed by atoms with E-state index in [-0.39, 0.29) is 0 Å². The molecule has 16 heteroatoms. The molecule has 348 valence electrons. The van der Waals surface area contributed by atoms with Crippen LogP contribution in [-0.2, 0) is 0 Å². The summed E-state index contributed by atoms with van der Waals surface area (Å²) in [4.78, 5) is 0. The van der Waals surface area contributed by atoms with Gasteiger partial charge in [-0.2, -0.15) is 0 Å². The Balaban J connectivity index is 3.97. The van der Waals surface area contributed by atoms with Crippen molar-refractivity contribution in [3.63, 3.8) is 0 Å². The summed E-state index contributed by atoms with van der Waals surface area (Å²) in [5.41, 5.74) is 0. The largest absolute Gasteiger partial charge is 0.0735 e. The lowest BCUT2D eigenvalue weighted by Gasteiger charge is -2.66. The van der Waals surface area contributed by atoms with Crippen LogP contribution in [0.3, 0.4) is 0 Å². The molecule has 0 N–H and O–H groups in total. The van der Waals surface area contributed by atoms with Crippen LogP contribution in [0.15, 0.2) is 0 Å². The topological polar surface area (TPSA) is 0 Å². The summed E-state index contributed by atoms with van der Waals surface area (Å²) in [5.74, 6) is 0. The molecular weight excluding hydrogens is 954 g/mol. The standard InChI is InChI=1S/C42H116Si16/c1-43(2)39-35-33-36-40-44(3,4)49(13,14)53(21,22)57(29,30)58(31,32)54(23,24)50(15,16)46(7,8)42-38-34-37-41-45(5,6)48(11,12)52(19,20)56(27,28)55(25,26)51(17,18)47(43,9)10/h33-42H2,1-32H3. The van der Waals surface area contributed by atoms with E-state index in [0.29, 0.717) is 0 Å². The molecule has 0 bridgehead atoms. The summed E-state index contributed by atoms with van der Waals surface area (Å²) in [6, 6.07) is 6.55. The Morgan fingerprint density at radius 2 is 0.241 bits per heavy atom. The van der Waals surface area contributed by atoms with Gasteiger partial charge in [0.15, 0.2) is 0 Å². The lowest BCUT2D eigenvalue weighted by molar-refractivity contribution is 0.758. The Kier molecular flexibility index (Phi) is 18.3. The first-order chi connectivity index (χ1) is 24.9. The Morgan fingerprint density at radius 3 is 0.362 bits per heavy atom. The Morgan fingerprint density at radius 1 is 0.138 bits per heavy atom. The molecule has 58 heavy (non-hydrogen) atoms. The van der Waals surface area contributed by atoms with Gasteiger partial charge in [-0.15, -0.1) is 0 Å². The van der Waals surface area contributed by atoms with Crippen molar-refractivity contribution in [2.75, 3.05) is 0 Å². The minimum absolute atomic E-state index is 1.33. The van der Waals surface area contributed by atoms with E-state index in [1.807, 2.05) is 0 Å². The molecule has 1 fully saturated rings. The Bertz CT molecular complexity index is 1200. The lowest BCUT2D eigenvalue weighted by atomic mass is 10.3. The average Bonchev–Trinajstić information content (AvgIpc) is 3.02. The van der Waals surface area contributed by atoms with E-state index in [0.717, 1.165) is 0 Å². The highest BCUT2D eigenvalue weighted by molar-refractivity contribution is 8.04. The minimum atomic E-state index is -1.44. The van der Waals surface area contributed by atoms with Gasteiger partial charge < -0.3 is 0 Å². The highest BCUT2D eigenvalue weighted by Gasteiger charge is 2.71. The zero-order valence-electron chi connectivity index (χ0n) is 47.1. The van der Waals surface area contributed by atoms with E-state index in [1.165, 1.54) is 12.8 Å². The molecule has 0 atom stereocenters. The molecule has 1 aliphatic rings. The summed E-state index contributed by atoms with van der Waals surface area (Å²) in [7, 11) is -22.2. The maximum atomic E-state index is 3.06. The fourth-order valence-corrected chi connectivity index (χ4v) is 484. The zero-order chi connectivity index (χ0) is 47.1. The van der Waals surface area contributed by atoms with Gasteiger partial charge in [0.1, 0.15) is 0 Å². The molecule has 0 unspecified atom stereocenters. The van der Waals surface area contributed by atoms with Crippen LogP contribution in [0.1, 0.15) is 38.5 Å². The number of rotatable bonds is 0. The highest BCUT2D eigenvalue weighted by Crippen LogP contribution is 2.49. The van der Waals surface area contributed by atoms with Gasteiger partial charge in [-0.05, 0) is 0 Å². The van der Waals surface area contributed by atoms with Gasteiger partial charge in [0.2, 0.25) is 0 Å². The zero-order valence-corrected chi connectivity index (χ0v) is 63.1. The molecule has 1 aliphatic heterocycles. The summed E-state index contributed by atoms with van der Waals surface area (Å²) in [6.45, 7) is 96.5. The average molecular weight is 1070 g/mol. The van der Waals surface area contributed by atoms with Crippen molar-refractivity contribution in [3.05, 3.63) is 0 Å². The molecule has 1 saturated heterocycles. The molecule has 0 nitrogen and oxygen atoms in total. The highest BCUT2D eigenvalue weighted by atomic mass is 30.1. The van der Waals surface area contributed by atoms with E-state index < -0.39 is 116 Å². The van der Waals surface area contributed by atoms with Crippen LogP contribution in [0.25, 0.3) is 0 Å². The predicted octanol–water partition coefficient (Wildman–Crippen LogP) is 16.8. The second-order valence-corrected chi connectivity index (χ2v) is 210. The first-order valence-electron chi connectivity index (χ1n) is 24.9. The van der Waals surface area contributed by atoms with Crippen molar-refractivity contribution in [2.24, 2.45) is 0 Å². The quantitative estimate of drug-likeness (QED) is 0.212. The normalized spacial score (nSPS) is 32.3. The van der Waals surface area contributed by atoms with E-state index in [1.54, 1.807) is 49.9 Å². The Labute approximate surface area is 384 Å². The van der Waals surface area contributed by atoms with Gasteiger partial charge in [-0.3, -0.25) is 0 Å². The maximum absolute atomic E-state index is 3.06.